The number of hydrogen-bond acceptors (Lipinski definition) is 4. The lowest BCUT2D eigenvalue weighted by atomic mass is 10.1. The molecule has 6 nitrogen and oxygen atoms in total. The van der Waals surface area contributed by atoms with Crippen LogP contribution in [0.15, 0.2) is 72.3 Å². The molecule has 1 saturated heterocycles. The van der Waals surface area contributed by atoms with Gasteiger partial charge in [0, 0.05) is 0 Å². The van der Waals surface area contributed by atoms with Gasteiger partial charge in [-0.1, -0.05) is 53.6 Å². The van der Waals surface area contributed by atoms with Crippen LogP contribution in [0.25, 0.3) is 6.08 Å². The van der Waals surface area contributed by atoms with Crippen LogP contribution < -0.4 is 15.0 Å². The zero-order valence-corrected chi connectivity index (χ0v) is 19.5. The molecule has 3 aromatic rings. The normalized spacial score (nSPS) is 15.3. The van der Waals surface area contributed by atoms with Gasteiger partial charge < -0.3 is 4.74 Å². The molecule has 1 N–H and O–H groups in total. The van der Waals surface area contributed by atoms with Crippen LogP contribution >= 0.6 is 11.6 Å². The maximum atomic E-state index is 13.2. The van der Waals surface area contributed by atoms with E-state index in [2.05, 4.69) is 0 Å². The fraction of sp³-hybridized carbons (Fsp3) is 0.115. The minimum atomic E-state index is -4.73. The Balaban J connectivity index is 1.56. The van der Waals surface area contributed by atoms with Crippen LogP contribution in [0.5, 0.6) is 5.75 Å². The second-order valence-electron chi connectivity index (χ2n) is 7.97. The number of halogens is 4. The third-order valence-corrected chi connectivity index (χ3v) is 5.65. The Kier molecular flexibility index (Phi) is 6.85. The molecular formula is C26H18ClF3N2O4. The zero-order chi connectivity index (χ0) is 26.0. The number of hydrogen-bond donors (Lipinski definition) is 1. The van der Waals surface area contributed by atoms with Crippen LogP contribution in [0.4, 0.5) is 23.7 Å². The second kappa shape index (κ2) is 9.87. The quantitative estimate of drug-likeness (QED) is 0.339. The molecule has 0 atom stereocenters. The first-order valence-electron chi connectivity index (χ1n) is 10.6. The lowest BCUT2D eigenvalue weighted by Gasteiger charge is -2.27. The Labute approximate surface area is 208 Å². The van der Waals surface area contributed by atoms with Crippen molar-refractivity contribution in [3.05, 3.63) is 99.6 Å². The number of nitrogens with zero attached hydrogens (tertiary/aromatic N) is 1. The van der Waals surface area contributed by atoms with Crippen molar-refractivity contribution in [3.8, 4) is 5.75 Å². The summed E-state index contributed by atoms with van der Waals surface area (Å²) < 4.78 is 45.2. The average Bonchev–Trinajstić information content (AvgIpc) is 2.82. The van der Waals surface area contributed by atoms with Gasteiger partial charge >= 0.3 is 12.2 Å². The minimum absolute atomic E-state index is 0.268. The number of anilines is 1. The monoisotopic (exact) mass is 514 g/mol. The van der Waals surface area contributed by atoms with Gasteiger partial charge in [-0.2, -0.15) is 13.2 Å². The number of carbonyl (C=O) groups excluding carboxylic acids is 3. The van der Waals surface area contributed by atoms with E-state index in [4.69, 9.17) is 16.3 Å². The summed E-state index contributed by atoms with van der Waals surface area (Å²) >= 11 is 5.99. The Morgan fingerprint density at radius 3 is 2.28 bits per heavy atom. The fourth-order valence-corrected chi connectivity index (χ4v) is 3.62. The lowest BCUT2D eigenvalue weighted by Crippen LogP contribution is -2.54. The van der Waals surface area contributed by atoms with Gasteiger partial charge in [0.2, 0.25) is 0 Å². The molecule has 0 bridgehead atoms. The number of amides is 4. The molecule has 1 aliphatic rings. The molecule has 0 aromatic heterocycles. The van der Waals surface area contributed by atoms with Crippen LogP contribution in [-0.4, -0.2) is 17.8 Å². The first-order chi connectivity index (χ1) is 17.0. The highest BCUT2D eigenvalue weighted by atomic mass is 35.5. The summed E-state index contributed by atoms with van der Waals surface area (Å²) in [6, 6.07) is 15.3. The molecule has 3 aromatic carbocycles. The number of ether oxygens (including phenoxy) is 1. The molecule has 36 heavy (non-hydrogen) atoms. The molecule has 0 spiro atoms. The number of alkyl halides is 3. The summed E-state index contributed by atoms with van der Waals surface area (Å²) in [7, 11) is 0. The highest BCUT2D eigenvalue weighted by molar-refractivity contribution is 6.42. The van der Waals surface area contributed by atoms with E-state index in [-0.39, 0.29) is 5.02 Å². The van der Waals surface area contributed by atoms with Crippen molar-refractivity contribution in [3.63, 3.8) is 0 Å². The number of urea groups is 1. The molecular weight excluding hydrogens is 497 g/mol. The predicted octanol–water partition coefficient (Wildman–Crippen LogP) is 5.91. The van der Waals surface area contributed by atoms with Crippen LogP contribution in [0.3, 0.4) is 0 Å². The third kappa shape index (κ3) is 5.41. The highest BCUT2D eigenvalue weighted by Crippen LogP contribution is 2.36. The van der Waals surface area contributed by atoms with Gasteiger partial charge in [0.25, 0.3) is 11.8 Å². The summed E-state index contributed by atoms with van der Waals surface area (Å²) in [5.41, 5.74) is 0.498. The number of rotatable bonds is 5. The van der Waals surface area contributed by atoms with Crippen LogP contribution in [0.1, 0.15) is 22.3 Å². The maximum absolute atomic E-state index is 13.2. The summed E-state index contributed by atoms with van der Waals surface area (Å²) in [5, 5.41) is 1.69. The SMILES string of the molecule is Cc1ccc(COc2ccc(/C=C3/C(=O)NC(=O)N(c4cc(C(F)(F)F)ccc4Cl)C3=O)cc2)cc1. The summed E-state index contributed by atoms with van der Waals surface area (Å²) in [6.45, 7) is 2.33. The topological polar surface area (TPSA) is 75.7 Å². The molecule has 1 heterocycles. The van der Waals surface area contributed by atoms with Crippen molar-refractivity contribution < 1.29 is 32.3 Å². The lowest BCUT2D eigenvalue weighted by molar-refractivity contribution is -0.137. The number of barbiturate groups is 1. The molecule has 10 heteroatoms. The van der Waals surface area contributed by atoms with Gasteiger partial charge in [0.05, 0.1) is 16.3 Å². The van der Waals surface area contributed by atoms with Gasteiger partial charge in [0.15, 0.2) is 0 Å². The predicted molar refractivity (Wildman–Crippen MR) is 127 cm³/mol. The molecule has 0 aliphatic carbocycles. The molecule has 4 amide bonds. The molecule has 0 unspecified atom stereocenters. The second-order valence-corrected chi connectivity index (χ2v) is 8.37. The van der Waals surface area contributed by atoms with Gasteiger partial charge in [-0.15, -0.1) is 0 Å². The van der Waals surface area contributed by atoms with Gasteiger partial charge in [0.1, 0.15) is 17.9 Å². The van der Waals surface area contributed by atoms with Crippen molar-refractivity contribution in [2.24, 2.45) is 0 Å². The van der Waals surface area contributed by atoms with Gasteiger partial charge in [-0.05, 0) is 54.5 Å². The zero-order valence-electron chi connectivity index (χ0n) is 18.7. The van der Waals surface area contributed by atoms with E-state index in [0.717, 1.165) is 23.3 Å². The first kappa shape index (κ1) is 25.0. The number of benzene rings is 3. The van der Waals surface area contributed by atoms with Gasteiger partial charge in [-0.25, -0.2) is 9.69 Å². The Hall–Kier alpha value is -4.11. The molecule has 4 rings (SSSR count). The van der Waals surface area contributed by atoms with E-state index in [0.29, 0.717) is 28.9 Å². The number of nitrogens with one attached hydrogen (secondary N) is 1. The maximum Gasteiger partial charge on any atom is 0.416 e. The number of carbonyl (C=O) groups is 3. The van der Waals surface area contributed by atoms with E-state index < -0.39 is 40.8 Å². The van der Waals surface area contributed by atoms with E-state index in [1.54, 1.807) is 24.3 Å². The van der Waals surface area contributed by atoms with Crippen LogP contribution in [0.2, 0.25) is 5.02 Å². The number of aryl methyl sites for hydroxylation is 1. The van der Waals surface area contributed by atoms with Gasteiger partial charge in [-0.3, -0.25) is 14.9 Å². The standard InChI is InChI=1S/C26H18ClF3N2O4/c1-15-2-4-17(5-3-15)14-36-19-9-6-16(7-10-19)12-20-23(33)31-25(35)32(24(20)34)22-13-18(26(28,29)30)8-11-21(22)27/h2-13H,14H2,1H3,(H,31,33,35)/b20-12-. The minimum Gasteiger partial charge on any atom is -0.489 e. The molecule has 1 aliphatic heterocycles. The van der Waals surface area contributed by atoms with Crippen molar-refractivity contribution in [1.82, 2.24) is 5.32 Å². The van der Waals surface area contributed by atoms with Crippen molar-refractivity contribution in [2.45, 2.75) is 19.7 Å². The van der Waals surface area contributed by atoms with E-state index in [9.17, 15) is 27.6 Å². The Morgan fingerprint density at radius 2 is 1.64 bits per heavy atom. The smallest absolute Gasteiger partial charge is 0.416 e. The molecule has 0 radical (unpaired) electrons. The van der Waals surface area contributed by atoms with E-state index >= 15 is 0 Å². The van der Waals surface area contributed by atoms with E-state index in [1.807, 2.05) is 36.5 Å². The van der Waals surface area contributed by atoms with Crippen molar-refractivity contribution in [2.75, 3.05) is 4.90 Å². The largest absolute Gasteiger partial charge is 0.489 e. The average molecular weight is 515 g/mol. The van der Waals surface area contributed by atoms with E-state index in [1.165, 1.54) is 6.08 Å². The summed E-state index contributed by atoms with van der Waals surface area (Å²) in [6.07, 6.45) is -3.51. The molecule has 1 fully saturated rings. The molecule has 0 saturated carbocycles. The van der Waals surface area contributed by atoms with Crippen molar-refractivity contribution in [1.29, 1.82) is 0 Å². The first-order valence-corrected chi connectivity index (χ1v) is 11.0. The highest BCUT2D eigenvalue weighted by Gasteiger charge is 2.39. The summed E-state index contributed by atoms with van der Waals surface area (Å²) in [4.78, 5) is 38.2. The van der Waals surface area contributed by atoms with Crippen LogP contribution in [0, 0.1) is 6.92 Å². The third-order valence-electron chi connectivity index (χ3n) is 5.33. The Bertz CT molecular complexity index is 1370. The van der Waals surface area contributed by atoms with Crippen LogP contribution in [-0.2, 0) is 22.4 Å². The molecule has 184 valence electrons. The van der Waals surface area contributed by atoms with Crippen molar-refractivity contribution >= 4 is 41.2 Å². The summed E-state index contributed by atoms with van der Waals surface area (Å²) in [5.74, 6) is -1.54. The fourth-order valence-electron chi connectivity index (χ4n) is 3.41. The Morgan fingerprint density at radius 1 is 0.972 bits per heavy atom. The number of imide groups is 2.